The van der Waals surface area contributed by atoms with Crippen molar-refractivity contribution in [1.29, 1.82) is 0 Å². The van der Waals surface area contributed by atoms with E-state index in [1.165, 1.54) is 0 Å². The second-order valence-electron chi connectivity index (χ2n) is 10.9. The predicted molar refractivity (Wildman–Crippen MR) is 147 cm³/mol. The van der Waals surface area contributed by atoms with Crippen LogP contribution in [0.3, 0.4) is 0 Å². The normalized spacial score (nSPS) is 20.0. The Balaban J connectivity index is 1.67. The smallest absolute Gasteiger partial charge is 0.319 e. The second-order valence-corrected chi connectivity index (χ2v) is 13.8. The largest absolute Gasteiger partial charge is 0.394 e. The van der Waals surface area contributed by atoms with E-state index in [1.54, 1.807) is 26.0 Å². The minimum atomic E-state index is -2.92. The van der Waals surface area contributed by atoms with Gasteiger partial charge in [-0.15, -0.1) is 0 Å². The van der Waals surface area contributed by atoms with Crippen LogP contribution in [-0.4, -0.2) is 73.4 Å². The number of hydrogen-bond acceptors (Lipinski definition) is 8. The zero-order valence-electron chi connectivity index (χ0n) is 22.2. The molecular formula is C26H39N5O5S. The first-order valence-electron chi connectivity index (χ1n) is 12.7. The number of ether oxygens (including phenoxy) is 1. The molecular weight excluding hydrogens is 494 g/mol. The molecule has 1 saturated carbocycles. The quantitative estimate of drug-likeness (QED) is 0.336. The van der Waals surface area contributed by atoms with Crippen LogP contribution in [0.4, 0.5) is 16.3 Å². The molecule has 1 aromatic carbocycles. The van der Waals surface area contributed by atoms with Gasteiger partial charge in [-0.3, -0.25) is 9.11 Å². The number of hydrogen-bond donors (Lipinski definition) is 5. The van der Waals surface area contributed by atoms with Crippen LogP contribution in [0.15, 0.2) is 30.3 Å². The Hall–Kier alpha value is -2.44. The zero-order chi connectivity index (χ0) is 27.0. The monoisotopic (exact) mass is 533 g/mol. The Bertz CT molecular complexity index is 1120. The molecule has 5 N–H and O–H groups in total. The molecule has 2 fully saturated rings. The maximum absolute atomic E-state index is 12.3. The van der Waals surface area contributed by atoms with Gasteiger partial charge in [-0.1, -0.05) is 0 Å². The fourth-order valence-corrected chi connectivity index (χ4v) is 6.52. The summed E-state index contributed by atoms with van der Waals surface area (Å²) in [5.41, 5.74) is 1.26. The van der Waals surface area contributed by atoms with E-state index in [0.29, 0.717) is 49.8 Å². The molecule has 11 heteroatoms. The van der Waals surface area contributed by atoms with Crippen LogP contribution in [0.25, 0.3) is 11.4 Å². The number of rotatable bonds is 8. The van der Waals surface area contributed by atoms with E-state index in [9.17, 15) is 19.0 Å². The molecule has 1 aliphatic heterocycles. The summed E-state index contributed by atoms with van der Waals surface area (Å²) in [5, 5.41) is 14.6. The molecule has 37 heavy (non-hydrogen) atoms. The summed E-state index contributed by atoms with van der Waals surface area (Å²) in [5.74, 6) is 1.24. The molecule has 10 nitrogen and oxygen atoms in total. The van der Waals surface area contributed by atoms with E-state index in [4.69, 9.17) is 14.7 Å². The van der Waals surface area contributed by atoms with E-state index in [-0.39, 0.29) is 17.9 Å². The number of nitrogens with one attached hydrogen (secondary N) is 2. The van der Waals surface area contributed by atoms with Crippen molar-refractivity contribution in [3.05, 3.63) is 36.0 Å². The van der Waals surface area contributed by atoms with Crippen LogP contribution in [0.1, 0.15) is 53.2 Å². The van der Waals surface area contributed by atoms with Gasteiger partial charge in [0.2, 0.25) is 0 Å². The van der Waals surface area contributed by atoms with Gasteiger partial charge in [0.05, 0.1) is 37.1 Å². The van der Waals surface area contributed by atoms with E-state index >= 15 is 0 Å². The summed E-state index contributed by atoms with van der Waals surface area (Å²) >= 11 is 0. The van der Waals surface area contributed by atoms with Crippen LogP contribution in [-0.2, 0) is 9.48 Å². The lowest BCUT2D eigenvalue weighted by Gasteiger charge is -2.44. The van der Waals surface area contributed by atoms with Gasteiger partial charge < -0.3 is 25.4 Å². The summed E-state index contributed by atoms with van der Waals surface area (Å²) in [6.45, 7) is 10.9. The summed E-state index contributed by atoms with van der Waals surface area (Å²) in [4.78, 5) is 24.2. The van der Waals surface area contributed by atoms with Crippen molar-refractivity contribution < 1.29 is 23.7 Å². The highest BCUT2D eigenvalue weighted by atomic mass is 32.3. The summed E-state index contributed by atoms with van der Waals surface area (Å²) in [6.07, 6.45) is 1.34. The van der Waals surface area contributed by atoms with Gasteiger partial charge in [-0.05, 0) is 71.7 Å². The number of benzene rings is 1. The van der Waals surface area contributed by atoms with Gasteiger partial charge in [0.25, 0.3) is 0 Å². The molecule has 1 aromatic heterocycles. The first kappa shape index (κ1) is 27.6. The third kappa shape index (κ3) is 5.70. The topological polar surface area (TPSA) is 140 Å². The van der Waals surface area contributed by atoms with Gasteiger partial charge in [0.15, 0.2) is 5.82 Å². The molecule has 2 amide bonds. The Labute approximate surface area is 220 Å². The molecule has 0 spiro atoms. The molecule has 1 aliphatic carbocycles. The standard InChI is InChI=1S/C26H39N5O5S/c1-17(2)37(34,35)26(10-11-26)21-14-22(31-12-13-36-15-18(31)3)29-23(28-21)19-6-8-20(9-7-19)27-24(33)30-25(4,5)16-32/h6-9,14,17-18,32,34-35H,10-13,15-16H2,1-5H3,(H2,27,30,33)/t18-/m0/s1. The highest BCUT2D eigenvalue weighted by Crippen LogP contribution is 2.73. The molecule has 0 bridgehead atoms. The predicted octanol–water partition coefficient (Wildman–Crippen LogP) is 4.41. The van der Waals surface area contributed by atoms with Crippen LogP contribution >= 0.6 is 10.6 Å². The zero-order valence-corrected chi connectivity index (χ0v) is 23.0. The van der Waals surface area contributed by atoms with Crippen LogP contribution < -0.4 is 15.5 Å². The third-order valence-electron chi connectivity index (χ3n) is 7.03. The average Bonchev–Trinajstić information content (AvgIpc) is 3.67. The Kier molecular flexibility index (Phi) is 7.74. The van der Waals surface area contributed by atoms with Crippen LogP contribution in [0.5, 0.6) is 0 Å². The van der Waals surface area contributed by atoms with Crippen LogP contribution in [0.2, 0.25) is 0 Å². The van der Waals surface area contributed by atoms with Crippen molar-refractivity contribution in [2.75, 3.05) is 36.6 Å². The third-order valence-corrected chi connectivity index (χ3v) is 10.1. The number of urea groups is 1. The number of aliphatic hydroxyl groups excluding tert-OH is 1. The van der Waals surface area contributed by atoms with Gasteiger partial charge in [0.1, 0.15) is 10.6 Å². The van der Waals surface area contributed by atoms with E-state index in [2.05, 4.69) is 22.5 Å². The fraction of sp³-hybridized carbons (Fsp3) is 0.577. The fourth-order valence-electron chi connectivity index (χ4n) is 4.50. The highest BCUT2D eigenvalue weighted by Gasteiger charge is 2.57. The second kappa shape index (κ2) is 10.4. The van der Waals surface area contributed by atoms with Crippen molar-refractivity contribution in [2.45, 2.75) is 69.0 Å². The Morgan fingerprint density at radius 1 is 1.24 bits per heavy atom. The van der Waals surface area contributed by atoms with E-state index in [1.807, 2.05) is 32.0 Å². The molecule has 1 saturated heterocycles. The van der Waals surface area contributed by atoms with Crippen molar-refractivity contribution in [2.24, 2.45) is 0 Å². The molecule has 0 unspecified atom stereocenters. The van der Waals surface area contributed by atoms with Crippen molar-refractivity contribution in [3.63, 3.8) is 0 Å². The van der Waals surface area contributed by atoms with Gasteiger partial charge in [0, 0.05) is 29.1 Å². The van der Waals surface area contributed by atoms with Gasteiger partial charge in [-0.2, -0.15) is 10.6 Å². The molecule has 4 rings (SSSR count). The average molecular weight is 534 g/mol. The van der Waals surface area contributed by atoms with E-state index < -0.39 is 26.9 Å². The number of amides is 2. The number of nitrogens with zero attached hydrogens (tertiary/aromatic N) is 3. The molecule has 1 atom stereocenters. The number of anilines is 2. The first-order valence-corrected chi connectivity index (χ1v) is 14.3. The summed E-state index contributed by atoms with van der Waals surface area (Å²) < 4.78 is 27.2. The minimum absolute atomic E-state index is 0.123. The lowest BCUT2D eigenvalue weighted by molar-refractivity contribution is 0.0985. The Morgan fingerprint density at radius 2 is 1.92 bits per heavy atom. The maximum atomic E-state index is 12.3. The lowest BCUT2D eigenvalue weighted by atomic mass is 10.1. The SMILES string of the molecule is CC(C)S(O)(O)C1(c2cc(N3CCOC[C@@H]3C)nc(-c3ccc(NC(=O)NC(C)(C)CO)cc3)n2)CC1. The first-order chi connectivity index (χ1) is 17.4. The molecule has 204 valence electrons. The van der Waals surface area contributed by atoms with Gasteiger partial charge in [-0.25, -0.2) is 14.8 Å². The number of carbonyl (C=O) groups is 1. The minimum Gasteiger partial charge on any atom is -0.394 e. The van der Waals surface area contributed by atoms with Crippen molar-refractivity contribution in [3.8, 4) is 11.4 Å². The molecule has 2 heterocycles. The molecule has 2 aliphatic rings. The lowest BCUT2D eigenvalue weighted by Crippen LogP contribution is -2.48. The molecule has 0 radical (unpaired) electrons. The number of carbonyl (C=O) groups excluding carboxylic acids is 1. The summed E-state index contributed by atoms with van der Waals surface area (Å²) in [6, 6.07) is 8.82. The van der Waals surface area contributed by atoms with Crippen LogP contribution in [0, 0.1) is 0 Å². The summed E-state index contributed by atoms with van der Waals surface area (Å²) in [7, 11) is -2.92. The van der Waals surface area contributed by atoms with E-state index in [0.717, 1.165) is 11.4 Å². The number of aromatic nitrogens is 2. The Morgan fingerprint density at radius 3 is 2.49 bits per heavy atom. The van der Waals surface area contributed by atoms with Gasteiger partial charge >= 0.3 is 6.03 Å². The van der Waals surface area contributed by atoms with Crippen molar-refractivity contribution in [1.82, 2.24) is 15.3 Å². The maximum Gasteiger partial charge on any atom is 0.319 e. The highest BCUT2D eigenvalue weighted by molar-refractivity contribution is 8.25. The number of morpholine rings is 1. The molecule has 2 aromatic rings. The van der Waals surface area contributed by atoms with Crippen molar-refractivity contribution >= 4 is 28.1 Å². The number of aliphatic hydroxyl groups is 1.